The van der Waals surface area contributed by atoms with Crippen LogP contribution in [0.2, 0.25) is 0 Å². The molecular weight excluding hydrogens is 260 g/mol. The molecule has 0 radical (unpaired) electrons. The minimum atomic E-state index is -0.336. The first-order valence-corrected chi connectivity index (χ1v) is 5.28. The third kappa shape index (κ3) is 2.79. The van der Waals surface area contributed by atoms with E-state index in [-0.39, 0.29) is 11.8 Å². The summed E-state index contributed by atoms with van der Waals surface area (Å²) in [7, 11) is 0. The van der Waals surface area contributed by atoms with E-state index in [1.54, 1.807) is 24.3 Å². The fourth-order valence-electron chi connectivity index (χ4n) is 1.19. The number of amides is 2. The van der Waals surface area contributed by atoms with E-state index in [0.717, 1.165) is 0 Å². The molecule has 4 nitrogen and oxygen atoms in total. The third-order valence-electron chi connectivity index (χ3n) is 1.84. The van der Waals surface area contributed by atoms with Gasteiger partial charge in [0.1, 0.15) is 0 Å². The molecule has 0 fully saturated rings. The highest BCUT2D eigenvalue weighted by Crippen LogP contribution is 2.08. The van der Waals surface area contributed by atoms with Crippen molar-refractivity contribution in [1.82, 2.24) is 9.66 Å². The lowest BCUT2D eigenvalue weighted by atomic mass is 10.1. The van der Waals surface area contributed by atoms with Crippen LogP contribution in [0.3, 0.4) is 0 Å². The van der Waals surface area contributed by atoms with Crippen LogP contribution < -0.4 is 9.66 Å². The Kier molecular flexibility index (Phi) is 4.30. The van der Waals surface area contributed by atoms with Crippen molar-refractivity contribution in [3.8, 4) is 0 Å². The molecule has 0 saturated heterocycles. The predicted molar refractivity (Wildman–Crippen MR) is 60.8 cm³/mol. The molecule has 80 valence electrons. The highest BCUT2D eigenvalue weighted by atomic mass is 79.9. The second-order valence-electron chi connectivity index (χ2n) is 2.83. The van der Waals surface area contributed by atoms with Crippen LogP contribution in [0.4, 0.5) is 0 Å². The quantitative estimate of drug-likeness (QED) is 0.818. The second-order valence-corrected chi connectivity index (χ2v) is 3.23. The number of hydrogen-bond acceptors (Lipinski definition) is 2. The average molecular weight is 271 g/mol. The molecule has 5 heteroatoms. The molecule has 0 atom stereocenters. The molecule has 0 bridgehead atoms. The number of carbonyl (C=O) groups excluding carboxylic acids is 2. The summed E-state index contributed by atoms with van der Waals surface area (Å²) in [5.74, 6) is -0.582. The van der Waals surface area contributed by atoms with Crippen molar-refractivity contribution < 1.29 is 9.59 Å². The molecule has 0 heterocycles. The van der Waals surface area contributed by atoms with Crippen LogP contribution in [0.1, 0.15) is 27.6 Å². The molecule has 2 amide bonds. The van der Waals surface area contributed by atoms with Gasteiger partial charge in [0.25, 0.3) is 11.8 Å². The van der Waals surface area contributed by atoms with Crippen LogP contribution >= 0.6 is 16.1 Å². The van der Waals surface area contributed by atoms with E-state index in [2.05, 4.69) is 25.8 Å². The monoisotopic (exact) mass is 270 g/mol. The van der Waals surface area contributed by atoms with Gasteiger partial charge in [0.05, 0.1) is 11.1 Å². The van der Waals surface area contributed by atoms with Crippen molar-refractivity contribution in [3.05, 3.63) is 35.4 Å². The van der Waals surface area contributed by atoms with E-state index in [4.69, 9.17) is 0 Å². The lowest BCUT2D eigenvalue weighted by Crippen LogP contribution is -2.26. The summed E-state index contributed by atoms with van der Waals surface area (Å²) in [5, 5.41) is 2.65. The maximum Gasteiger partial charge on any atom is 0.261 e. The summed E-state index contributed by atoms with van der Waals surface area (Å²) < 4.78 is 2.31. The first-order chi connectivity index (χ1) is 7.20. The summed E-state index contributed by atoms with van der Waals surface area (Å²) in [5.41, 5.74) is 0.719. The first-order valence-electron chi connectivity index (χ1n) is 4.49. The Bertz CT molecular complexity index is 379. The average Bonchev–Trinajstić information content (AvgIpc) is 2.28. The molecule has 2 N–H and O–H groups in total. The zero-order valence-electron chi connectivity index (χ0n) is 8.21. The Balaban J connectivity index is 3.06. The van der Waals surface area contributed by atoms with E-state index >= 15 is 0 Å². The van der Waals surface area contributed by atoms with Gasteiger partial charge in [-0.25, -0.2) is 0 Å². The van der Waals surface area contributed by atoms with Gasteiger partial charge in [-0.15, -0.1) is 0 Å². The van der Waals surface area contributed by atoms with Crippen LogP contribution in [-0.2, 0) is 0 Å². The maximum atomic E-state index is 11.6. The van der Waals surface area contributed by atoms with Gasteiger partial charge in [0, 0.05) is 22.7 Å². The molecule has 0 aromatic heterocycles. The molecule has 0 unspecified atom stereocenters. The third-order valence-corrected chi connectivity index (χ3v) is 2.20. The van der Waals surface area contributed by atoms with Crippen molar-refractivity contribution in [2.24, 2.45) is 0 Å². The summed E-state index contributed by atoms with van der Waals surface area (Å²) in [6, 6.07) is 6.64. The molecule has 0 aliphatic rings. The number of hydrogen-bond donors (Lipinski definition) is 2. The number of benzene rings is 1. The van der Waals surface area contributed by atoms with Gasteiger partial charge in [-0.05, 0) is 19.1 Å². The predicted octanol–water partition coefficient (Wildman–Crippen LogP) is 1.48. The van der Waals surface area contributed by atoms with Crippen molar-refractivity contribution in [2.75, 3.05) is 6.54 Å². The Hall–Kier alpha value is -1.36. The summed E-state index contributed by atoms with van der Waals surface area (Å²) >= 11 is 2.84. The van der Waals surface area contributed by atoms with E-state index in [1.165, 1.54) is 0 Å². The van der Waals surface area contributed by atoms with E-state index in [9.17, 15) is 9.59 Å². The van der Waals surface area contributed by atoms with Gasteiger partial charge in [-0.2, -0.15) is 0 Å². The minimum Gasteiger partial charge on any atom is -0.352 e. The Labute approximate surface area is 96.4 Å². The number of halogens is 1. The molecule has 0 spiro atoms. The number of nitrogens with one attached hydrogen (secondary N) is 2. The van der Waals surface area contributed by atoms with Crippen molar-refractivity contribution >= 4 is 28.0 Å². The highest BCUT2D eigenvalue weighted by Gasteiger charge is 2.14. The first kappa shape index (κ1) is 11.7. The van der Waals surface area contributed by atoms with E-state index < -0.39 is 0 Å². The maximum absolute atomic E-state index is 11.6. The van der Waals surface area contributed by atoms with Crippen LogP contribution in [0, 0.1) is 0 Å². The Morgan fingerprint density at radius 1 is 1.20 bits per heavy atom. The van der Waals surface area contributed by atoms with Crippen LogP contribution in [-0.4, -0.2) is 18.4 Å². The molecular formula is C10H11BrN2O2. The summed E-state index contributed by atoms with van der Waals surface area (Å²) in [6.07, 6.45) is 0. The van der Waals surface area contributed by atoms with Crippen molar-refractivity contribution in [1.29, 1.82) is 0 Å². The summed E-state index contributed by atoms with van der Waals surface area (Å²) in [4.78, 5) is 23.0. The topological polar surface area (TPSA) is 58.2 Å². The molecule has 0 aliphatic carbocycles. The van der Waals surface area contributed by atoms with Gasteiger partial charge in [0.2, 0.25) is 0 Å². The fraction of sp³-hybridized carbons (Fsp3) is 0.200. The lowest BCUT2D eigenvalue weighted by Gasteiger charge is -2.06. The van der Waals surface area contributed by atoms with Crippen LogP contribution in [0.15, 0.2) is 24.3 Å². The SMILES string of the molecule is CCNC(=O)c1ccccc1C(=O)NBr. The van der Waals surface area contributed by atoms with Crippen LogP contribution in [0.5, 0.6) is 0 Å². The van der Waals surface area contributed by atoms with Crippen molar-refractivity contribution in [3.63, 3.8) is 0 Å². The number of carbonyl (C=O) groups is 2. The number of rotatable bonds is 3. The largest absolute Gasteiger partial charge is 0.352 e. The molecule has 1 aromatic rings. The van der Waals surface area contributed by atoms with E-state index in [1.807, 2.05) is 6.92 Å². The standard InChI is InChI=1S/C10H11BrN2O2/c1-2-12-9(14)7-5-3-4-6-8(7)10(15)13-11/h3-6H,2H2,1H3,(H,12,14)(H,13,15). The van der Waals surface area contributed by atoms with Gasteiger partial charge in [0.15, 0.2) is 0 Å². The van der Waals surface area contributed by atoms with Gasteiger partial charge in [-0.3, -0.25) is 13.9 Å². The molecule has 1 aromatic carbocycles. The van der Waals surface area contributed by atoms with Gasteiger partial charge >= 0.3 is 0 Å². The molecule has 0 aliphatic heterocycles. The minimum absolute atomic E-state index is 0.246. The lowest BCUT2D eigenvalue weighted by molar-refractivity contribution is 0.0934. The molecule has 1 rings (SSSR count). The second kappa shape index (κ2) is 5.50. The Morgan fingerprint density at radius 3 is 2.20 bits per heavy atom. The van der Waals surface area contributed by atoms with Crippen molar-refractivity contribution in [2.45, 2.75) is 6.92 Å². The molecule has 15 heavy (non-hydrogen) atoms. The zero-order chi connectivity index (χ0) is 11.3. The summed E-state index contributed by atoms with van der Waals surface area (Å²) in [6.45, 7) is 2.36. The highest BCUT2D eigenvalue weighted by molar-refractivity contribution is 9.08. The molecule has 0 saturated carbocycles. The normalized spacial score (nSPS) is 9.47. The van der Waals surface area contributed by atoms with E-state index in [0.29, 0.717) is 17.7 Å². The van der Waals surface area contributed by atoms with Crippen LogP contribution in [0.25, 0.3) is 0 Å². The zero-order valence-corrected chi connectivity index (χ0v) is 9.80. The van der Waals surface area contributed by atoms with Gasteiger partial charge < -0.3 is 5.32 Å². The van der Waals surface area contributed by atoms with Gasteiger partial charge in [-0.1, -0.05) is 12.1 Å². The Morgan fingerprint density at radius 2 is 1.73 bits per heavy atom. The smallest absolute Gasteiger partial charge is 0.261 e. The fourth-order valence-corrected chi connectivity index (χ4v) is 1.40.